The molecular formula is C10H23N3. The summed E-state index contributed by atoms with van der Waals surface area (Å²) in [6, 6.07) is 1.37. The molecule has 1 rings (SSSR count). The quantitative estimate of drug-likeness (QED) is 0.679. The molecule has 1 aliphatic heterocycles. The van der Waals surface area contributed by atoms with Crippen LogP contribution in [-0.4, -0.2) is 62.7 Å². The predicted octanol–water partition coefficient (Wildman–Crippen LogP) is 0.230. The molecule has 0 spiro atoms. The number of piperazine rings is 1. The Labute approximate surface area is 82.1 Å². The third-order valence-corrected chi connectivity index (χ3v) is 2.80. The van der Waals surface area contributed by atoms with Crippen LogP contribution in [0.4, 0.5) is 0 Å². The van der Waals surface area contributed by atoms with Gasteiger partial charge < -0.3 is 15.1 Å². The second-order valence-corrected chi connectivity index (χ2v) is 4.49. The van der Waals surface area contributed by atoms with Crippen molar-refractivity contribution in [2.45, 2.75) is 25.4 Å². The minimum atomic E-state index is 0.653. The SMILES string of the molecule is CC1CN(C)C(CCN(C)C)CN1. The van der Waals surface area contributed by atoms with Gasteiger partial charge in [0.25, 0.3) is 0 Å². The lowest BCUT2D eigenvalue weighted by atomic mass is 10.1. The zero-order valence-corrected chi connectivity index (χ0v) is 9.38. The maximum absolute atomic E-state index is 3.53. The van der Waals surface area contributed by atoms with Gasteiger partial charge in [0.1, 0.15) is 0 Å². The number of hydrogen-bond acceptors (Lipinski definition) is 3. The second-order valence-electron chi connectivity index (χ2n) is 4.49. The average molecular weight is 185 g/mol. The van der Waals surface area contributed by atoms with Crippen LogP contribution in [0.1, 0.15) is 13.3 Å². The molecule has 0 amide bonds. The van der Waals surface area contributed by atoms with Crippen molar-refractivity contribution < 1.29 is 0 Å². The van der Waals surface area contributed by atoms with Crippen LogP contribution in [-0.2, 0) is 0 Å². The summed E-state index contributed by atoms with van der Waals surface area (Å²) in [5.74, 6) is 0. The van der Waals surface area contributed by atoms with E-state index < -0.39 is 0 Å². The van der Waals surface area contributed by atoms with Crippen LogP contribution in [0.5, 0.6) is 0 Å². The van der Waals surface area contributed by atoms with E-state index in [-0.39, 0.29) is 0 Å². The van der Waals surface area contributed by atoms with E-state index in [1.165, 1.54) is 19.5 Å². The van der Waals surface area contributed by atoms with Crippen LogP contribution in [0.2, 0.25) is 0 Å². The molecule has 1 aliphatic rings. The Balaban J connectivity index is 2.25. The van der Waals surface area contributed by atoms with Crippen molar-refractivity contribution in [2.75, 3.05) is 40.8 Å². The highest BCUT2D eigenvalue weighted by Gasteiger charge is 2.21. The van der Waals surface area contributed by atoms with Gasteiger partial charge in [0.15, 0.2) is 0 Å². The fraction of sp³-hybridized carbons (Fsp3) is 1.00. The summed E-state index contributed by atoms with van der Waals surface area (Å²) in [5.41, 5.74) is 0. The number of nitrogens with one attached hydrogen (secondary N) is 1. The summed E-state index contributed by atoms with van der Waals surface area (Å²) in [4.78, 5) is 4.73. The van der Waals surface area contributed by atoms with Crippen molar-refractivity contribution in [2.24, 2.45) is 0 Å². The molecule has 0 bridgehead atoms. The maximum Gasteiger partial charge on any atom is 0.0230 e. The first-order valence-electron chi connectivity index (χ1n) is 5.18. The van der Waals surface area contributed by atoms with Crippen LogP contribution in [0, 0.1) is 0 Å². The molecule has 0 aromatic carbocycles. The zero-order valence-electron chi connectivity index (χ0n) is 9.38. The molecule has 78 valence electrons. The van der Waals surface area contributed by atoms with E-state index in [4.69, 9.17) is 0 Å². The molecule has 2 atom stereocenters. The highest BCUT2D eigenvalue weighted by Crippen LogP contribution is 2.07. The molecule has 1 fully saturated rings. The van der Waals surface area contributed by atoms with Crippen molar-refractivity contribution in [3.63, 3.8) is 0 Å². The largest absolute Gasteiger partial charge is 0.311 e. The highest BCUT2D eigenvalue weighted by atomic mass is 15.2. The van der Waals surface area contributed by atoms with Gasteiger partial charge >= 0.3 is 0 Å². The van der Waals surface area contributed by atoms with Crippen LogP contribution < -0.4 is 5.32 Å². The summed E-state index contributed by atoms with van der Waals surface area (Å²) in [6.07, 6.45) is 1.27. The number of likely N-dealkylation sites (N-methyl/N-ethyl adjacent to an activating group) is 1. The molecule has 3 heteroatoms. The van der Waals surface area contributed by atoms with Crippen LogP contribution in [0.15, 0.2) is 0 Å². The van der Waals surface area contributed by atoms with Crippen LogP contribution in [0.25, 0.3) is 0 Å². The third kappa shape index (κ3) is 3.63. The number of hydrogen-bond donors (Lipinski definition) is 1. The molecule has 0 aromatic rings. The first-order valence-corrected chi connectivity index (χ1v) is 5.18. The van der Waals surface area contributed by atoms with Crippen molar-refractivity contribution in [1.29, 1.82) is 0 Å². The zero-order chi connectivity index (χ0) is 9.84. The summed E-state index contributed by atoms with van der Waals surface area (Å²) < 4.78 is 0. The van der Waals surface area contributed by atoms with Crippen molar-refractivity contribution >= 4 is 0 Å². The smallest absolute Gasteiger partial charge is 0.0230 e. The number of nitrogens with zero attached hydrogens (tertiary/aromatic N) is 2. The van der Waals surface area contributed by atoms with Crippen LogP contribution >= 0.6 is 0 Å². The standard InChI is InChI=1S/C10H23N3/c1-9-8-13(4)10(7-11-9)5-6-12(2)3/h9-11H,5-8H2,1-4H3. The fourth-order valence-electron chi connectivity index (χ4n) is 1.87. The second kappa shape index (κ2) is 4.94. The molecule has 0 saturated carbocycles. The van der Waals surface area contributed by atoms with Gasteiger partial charge in [-0.25, -0.2) is 0 Å². The van der Waals surface area contributed by atoms with E-state index in [1.54, 1.807) is 0 Å². The Morgan fingerprint density at radius 1 is 1.46 bits per heavy atom. The maximum atomic E-state index is 3.53. The lowest BCUT2D eigenvalue weighted by molar-refractivity contribution is 0.152. The van der Waals surface area contributed by atoms with Crippen molar-refractivity contribution in [1.82, 2.24) is 15.1 Å². The topological polar surface area (TPSA) is 18.5 Å². The van der Waals surface area contributed by atoms with Gasteiger partial charge in [0.05, 0.1) is 0 Å². The van der Waals surface area contributed by atoms with Gasteiger partial charge in [0, 0.05) is 25.2 Å². The molecule has 0 aromatic heterocycles. The lowest BCUT2D eigenvalue weighted by Crippen LogP contribution is -2.54. The van der Waals surface area contributed by atoms with E-state index in [2.05, 4.69) is 43.2 Å². The predicted molar refractivity (Wildman–Crippen MR) is 57.1 cm³/mol. The molecule has 1 N–H and O–H groups in total. The minimum Gasteiger partial charge on any atom is -0.311 e. The van der Waals surface area contributed by atoms with E-state index in [0.29, 0.717) is 6.04 Å². The van der Waals surface area contributed by atoms with E-state index >= 15 is 0 Å². The molecule has 2 unspecified atom stereocenters. The van der Waals surface area contributed by atoms with E-state index in [0.717, 1.165) is 12.6 Å². The molecule has 1 heterocycles. The molecule has 13 heavy (non-hydrogen) atoms. The van der Waals surface area contributed by atoms with Crippen LogP contribution in [0.3, 0.4) is 0 Å². The fourth-order valence-corrected chi connectivity index (χ4v) is 1.87. The molecule has 1 saturated heterocycles. The minimum absolute atomic E-state index is 0.653. The Morgan fingerprint density at radius 2 is 2.15 bits per heavy atom. The summed E-state index contributed by atoms with van der Waals surface area (Å²) in [5, 5.41) is 3.53. The van der Waals surface area contributed by atoms with Gasteiger partial charge in [-0.05, 0) is 41.0 Å². The van der Waals surface area contributed by atoms with Gasteiger partial charge in [-0.2, -0.15) is 0 Å². The van der Waals surface area contributed by atoms with E-state index in [9.17, 15) is 0 Å². The third-order valence-electron chi connectivity index (χ3n) is 2.80. The van der Waals surface area contributed by atoms with Crippen molar-refractivity contribution in [3.05, 3.63) is 0 Å². The molecule has 0 aliphatic carbocycles. The Hall–Kier alpha value is -0.120. The number of rotatable bonds is 3. The normalized spacial score (nSPS) is 31.2. The van der Waals surface area contributed by atoms with Gasteiger partial charge in [-0.15, -0.1) is 0 Å². The van der Waals surface area contributed by atoms with Gasteiger partial charge in [0.2, 0.25) is 0 Å². The average Bonchev–Trinajstić information content (AvgIpc) is 2.02. The Kier molecular flexibility index (Phi) is 4.16. The monoisotopic (exact) mass is 185 g/mol. The van der Waals surface area contributed by atoms with Gasteiger partial charge in [-0.1, -0.05) is 0 Å². The summed E-state index contributed by atoms with van der Waals surface area (Å²) >= 11 is 0. The lowest BCUT2D eigenvalue weighted by Gasteiger charge is -2.37. The molecular weight excluding hydrogens is 162 g/mol. The Morgan fingerprint density at radius 3 is 2.69 bits per heavy atom. The molecule has 0 radical (unpaired) electrons. The first-order chi connectivity index (χ1) is 6.09. The first kappa shape index (κ1) is 11.0. The summed E-state index contributed by atoms with van der Waals surface area (Å²) in [6.45, 7) is 5.76. The van der Waals surface area contributed by atoms with Gasteiger partial charge in [-0.3, -0.25) is 0 Å². The van der Waals surface area contributed by atoms with Crippen molar-refractivity contribution in [3.8, 4) is 0 Å². The summed E-state index contributed by atoms with van der Waals surface area (Å²) in [7, 11) is 6.51. The molecule has 3 nitrogen and oxygen atoms in total. The highest BCUT2D eigenvalue weighted by molar-refractivity contribution is 4.82. The van der Waals surface area contributed by atoms with E-state index in [1.807, 2.05) is 0 Å². The Bertz CT molecular complexity index is 147.